The highest BCUT2D eigenvalue weighted by Crippen LogP contribution is 2.26. The molecule has 0 heterocycles. The number of anilines is 2. The van der Waals surface area contributed by atoms with Crippen LogP contribution in [0.15, 0.2) is 18.2 Å². The van der Waals surface area contributed by atoms with Gasteiger partial charge in [0.05, 0.1) is 12.8 Å². The Morgan fingerprint density at radius 3 is 2.93 bits per heavy atom. The molecule has 1 amide bonds. The van der Waals surface area contributed by atoms with Crippen LogP contribution in [0.5, 0.6) is 5.75 Å². The predicted octanol–water partition coefficient (Wildman–Crippen LogP) is 0.208. The van der Waals surface area contributed by atoms with Crippen LogP contribution in [-0.2, 0) is 4.79 Å². The third-order valence-corrected chi connectivity index (χ3v) is 1.64. The van der Waals surface area contributed by atoms with E-state index in [2.05, 4.69) is 5.32 Å². The Kier molecular flexibility index (Phi) is 3.30. The molecule has 5 heteroatoms. The second-order valence-electron chi connectivity index (χ2n) is 2.67. The number of ether oxygens (including phenoxy) is 1. The van der Waals surface area contributed by atoms with E-state index in [-0.39, 0.29) is 0 Å². The highest BCUT2D eigenvalue weighted by atomic mass is 16.5. The normalized spacial score (nSPS) is 9.57. The molecule has 0 aliphatic rings. The third kappa shape index (κ3) is 2.37. The lowest BCUT2D eigenvalue weighted by Gasteiger charge is -2.09. The van der Waals surface area contributed by atoms with Crippen molar-refractivity contribution in [1.29, 1.82) is 0 Å². The predicted molar refractivity (Wildman–Crippen MR) is 53.1 cm³/mol. The summed E-state index contributed by atoms with van der Waals surface area (Å²) in [5.74, 6) is -0.0279. The Bertz CT molecular complexity index is 339. The fourth-order valence-electron chi connectivity index (χ4n) is 1.00. The molecule has 0 saturated carbocycles. The van der Waals surface area contributed by atoms with Gasteiger partial charge >= 0.3 is 0 Å². The van der Waals surface area contributed by atoms with Gasteiger partial charge in [-0.25, -0.2) is 0 Å². The van der Waals surface area contributed by atoms with Gasteiger partial charge in [-0.1, -0.05) is 0 Å². The lowest BCUT2D eigenvalue weighted by molar-refractivity contribution is -0.118. The van der Waals surface area contributed by atoms with Gasteiger partial charge in [0.25, 0.3) is 0 Å². The van der Waals surface area contributed by atoms with Gasteiger partial charge in [-0.15, -0.1) is 0 Å². The van der Waals surface area contributed by atoms with E-state index in [9.17, 15) is 4.79 Å². The van der Waals surface area contributed by atoms with Crippen molar-refractivity contribution in [2.24, 2.45) is 0 Å². The van der Waals surface area contributed by atoms with E-state index in [1.165, 1.54) is 7.11 Å². The molecule has 76 valence electrons. The number of nitrogen functional groups attached to an aromatic ring is 1. The van der Waals surface area contributed by atoms with Crippen LogP contribution in [0.3, 0.4) is 0 Å². The molecule has 0 atom stereocenters. The number of carbonyl (C=O) groups excluding carboxylic acids is 1. The topological polar surface area (TPSA) is 84.6 Å². The first-order valence-electron chi connectivity index (χ1n) is 4.01. The molecule has 0 aliphatic carbocycles. The molecule has 0 radical (unpaired) electrons. The number of rotatable bonds is 3. The molecule has 0 aliphatic heterocycles. The fraction of sp³-hybridized carbons (Fsp3) is 0.222. The Labute approximate surface area is 81.5 Å². The molecule has 5 nitrogen and oxygen atoms in total. The van der Waals surface area contributed by atoms with Crippen molar-refractivity contribution in [3.8, 4) is 5.75 Å². The van der Waals surface area contributed by atoms with E-state index in [4.69, 9.17) is 15.6 Å². The van der Waals surface area contributed by atoms with E-state index in [1.807, 2.05) is 0 Å². The Morgan fingerprint density at radius 2 is 2.36 bits per heavy atom. The molecule has 0 bridgehead atoms. The van der Waals surface area contributed by atoms with Crippen LogP contribution in [0.25, 0.3) is 0 Å². The number of hydrogen-bond donors (Lipinski definition) is 3. The van der Waals surface area contributed by atoms with Crippen molar-refractivity contribution >= 4 is 17.3 Å². The molecule has 0 saturated heterocycles. The van der Waals surface area contributed by atoms with Crippen LogP contribution < -0.4 is 15.8 Å². The molecule has 1 rings (SSSR count). The fourth-order valence-corrected chi connectivity index (χ4v) is 1.00. The van der Waals surface area contributed by atoms with Gasteiger partial charge in [0.2, 0.25) is 5.91 Å². The van der Waals surface area contributed by atoms with Crippen LogP contribution in [0.2, 0.25) is 0 Å². The van der Waals surface area contributed by atoms with E-state index >= 15 is 0 Å². The van der Waals surface area contributed by atoms with Crippen LogP contribution in [-0.4, -0.2) is 24.7 Å². The van der Waals surface area contributed by atoms with Gasteiger partial charge in [-0.05, 0) is 12.1 Å². The van der Waals surface area contributed by atoms with Crippen molar-refractivity contribution in [1.82, 2.24) is 0 Å². The minimum atomic E-state index is -0.562. The van der Waals surface area contributed by atoms with Crippen LogP contribution in [0.1, 0.15) is 0 Å². The third-order valence-electron chi connectivity index (χ3n) is 1.64. The summed E-state index contributed by atoms with van der Waals surface area (Å²) < 4.78 is 5.00. The zero-order valence-electron chi connectivity index (χ0n) is 7.78. The first kappa shape index (κ1) is 10.3. The number of benzene rings is 1. The summed E-state index contributed by atoms with van der Waals surface area (Å²) in [4.78, 5) is 10.9. The van der Waals surface area contributed by atoms with E-state index < -0.39 is 12.5 Å². The highest BCUT2D eigenvalue weighted by molar-refractivity contribution is 5.93. The van der Waals surface area contributed by atoms with Crippen molar-refractivity contribution < 1.29 is 14.6 Å². The smallest absolute Gasteiger partial charge is 0.250 e. The molecule has 0 unspecified atom stereocenters. The lowest BCUT2D eigenvalue weighted by Crippen LogP contribution is -2.16. The largest absolute Gasteiger partial charge is 0.494 e. The van der Waals surface area contributed by atoms with E-state index in [0.717, 1.165) is 0 Å². The van der Waals surface area contributed by atoms with Gasteiger partial charge in [-0.3, -0.25) is 4.79 Å². The van der Waals surface area contributed by atoms with Crippen LogP contribution >= 0.6 is 0 Å². The van der Waals surface area contributed by atoms with Gasteiger partial charge in [0.15, 0.2) is 0 Å². The second-order valence-corrected chi connectivity index (χ2v) is 2.67. The minimum absolute atomic E-state index is 0.465. The second kappa shape index (κ2) is 4.48. The maximum atomic E-state index is 10.9. The van der Waals surface area contributed by atoms with Crippen LogP contribution in [0, 0.1) is 0 Å². The highest BCUT2D eigenvalue weighted by Gasteiger charge is 2.06. The summed E-state index contributed by atoms with van der Waals surface area (Å²) >= 11 is 0. The maximum absolute atomic E-state index is 10.9. The Morgan fingerprint density at radius 1 is 1.64 bits per heavy atom. The standard InChI is InChI=1S/C9H12N2O3/c1-14-8-4-6(10)2-3-7(8)11-9(13)5-12/h2-4,12H,5,10H2,1H3,(H,11,13). The number of hydrogen-bond acceptors (Lipinski definition) is 4. The number of methoxy groups -OCH3 is 1. The Hall–Kier alpha value is -1.75. The van der Waals surface area contributed by atoms with Crippen molar-refractivity contribution in [3.63, 3.8) is 0 Å². The zero-order valence-corrected chi connectivity index (χ0v) is 7.78. The molecule has 14 heavy (non-hydrogen) atoms. The molecule has 0 aromatic heterocycles. The molecule has 0 spiro atoms. The number of nitrogens with one attached hydrogen (secondary N) is 1. The summed E-state index contributed by atoms with van der Waals surface area (Å²) in [5.41, 5.74) is 6.56. The lowest BCUT2D eigenvalue weighted by atomic mass is 10.2. The van der Waals surface area contributed by atoms with E-state index in [0.29, 0.717) is 17.1 Å². The molecule has 1 aromatic rings. The molecule has 1 aromatic carbocycles. The zero-order chi connectivity index (χ0) is 10.6. The van der Waals surface area contributed by atoms with Gasteiger partial charge in [0, 0.05) is 11.8 Å². The molecule has 0 fully saturated rings. The first-order valence-corrected chi connectivity index (χ1v) is 4.01. The monoisotopic (exact) mass is 196 g/mol. The van der Waals surface area contributed by atoms with Gasteiger partial charge in [0.1, 0.15) is 12.4 Å². The van der Waals surface area contributed by atoms with Crippen molar-refractivity contribution in [3.05, 3.63) is 18.2 Å². The average molecular weight is 196 g/mol. The van der Waals surface area contributed by atoms with Crippen LogP contribution in [0.4, 0.5) is 11.4 Å². The number of carbonyl (C=O) groups is 1. The SMILES string of the molecule is COc1cc(N)ccc1NC(=O)CO. The van der Waals surface area contributed by atoms with Crippen molar-refractivity contribution in [2.45, 2.75) is 0 Å². The first-order chi connectivity index (χ1) is 6.67. The number of amides is 1. The number of nitrogens with two attached hydrogens (primary N) is 1. The molecular weight excluding hydrogens is 184 g/mol. The molecule has 4 N–H and O–H groups in total. The number of aliphatic hydroxyl groups is 1. The minimum Gasteiger partial charge on any atom is -0.494 e. The van der Waals surface area contributed by atoms with Crippen molar-refractivity contribution in [2.75, 3.05) is 24.8 Å². The Balaban J connectivity index is 2.90. The maximum Gasteiger partial charge on any atom is 0.250 e. The number of aliphatic hydroxyl groups excluding tert-OH is 1. The summed E-state index contributed by atoms with van der Waals surface area (Å²) in [7, 11) is 1.48. The summed E-state index contributed by atoms with van der Waals surface area (Å²) in [6.07, 6.45) is 0. The summed E-state index contributed by atoms with van der Waals surface area (Å²) in [6, 6.07) is 4.84. The molecular formula is C9H12N2O3. The quantitative estimate of drug-likeness (QED) is 0.603. The van der Waals surface area contributed by atoms with Gasteiger partial charge in [-0.2, -0.15) is 0 Å². The average Bonchev–Trinajstić information content (AvgIpc) is 2.20. The summed E-state index contributed by atoms with van der Waals surface area (Å²) in [6.45, 7) is -0.562. The van der Waals surface area contributed by atoms with Gasteiger partial charge < -0.3 is 20.9 Å². The summed E-state index contributed by atoms with van der Waals surface area (Å²) in [5, 5.41) is 11.0. The van der Waals surface area contributed by atoms with E-state index in [1.54, 1.807) is 18.2 Å².